The van der Waals surface area contributed by atoms with Gasteiger partial charge in [0, 0.05) is 24.4 Å². The van der Waals surface area contributed by atoms with Gasteiger partial charge in [-0.2, -0.15) is 5.10 Å². The van der Waals surface area contributed by atoms with Gasteiger partial charge in [-0.1, -0.05) is 56.3 Å². The molecular formula is C30H32F3N5O3S. The third kappa shape index (κ3) is 6.49. The van der Waals surface area contributed by atoms with Gasteiger partial charge >= 0.3 is 6.36 Å². The molecule has 8 nitrogen and oxygen atoms in total. The highest BCUT2D eigenvalue weighted by molar-refractivity contribution is 7.92. The number of halogens is 3. The molecule has 4 aromatic rings. The second-order valence-electron chi connectivity index (χ2n) is 10.9. The molecule has 5 rings (SSSR count). The fraction of sp³-hybridized carbons (Fsp3) is 0.367. The van der Waals surface area contributed by atoms with Gasteiger partial charge in [0.05, 0.1) is 29.4 Å². The third-order valence-corrected chi connectivity index (χ3v) is 8.88. The topological polar surface area (TPSA) is 99.0 Å². The van der Waals surface area contributed by atoms with Crippen molar-refractivity contribution in [2.75, 3.05) is 4.72 Å². The number of alkyl halides is 3. The first-order valence-corrected chi connectivity index (χ1v) is 15.1. The number of anilines is 1. The molecule has 1 aliphatic rings. The van der Waals surface area contributed by atoms with Crippen LogP contribution < -0.4 is 4.72 Å². The lowest BCUT2D eigenvalue weighted by Gasteiger charge is -2.18. The van der Waals surface area contributed by atoms with Crippen molar-refractivity contribution in [3.63, 3.8) is 0 Å². The highest BCUT2D eigenvalue weighted by Crippen LogP contribution is 2.41. The van der Waals surface area contributed by atoms with Crippen LogP contribution in [0.1, 0.15) is 61.8 Å². The Bertz CT molecular complexity index is 1700. The predicted molar refractivity (Wildman–Crippen MR) is 153 cm³/mol. The van der Waals surface area contributed by atoms with Crippen molar-refractivity contribution in [1.82, 2.24) is 19.7 Å². The van der Waals surface area contributed by atoms with E-state index in [1.54, 1.807) is 14.0 Å². The Hall–Kier alpha value is -3.77. The van der Waals surface area contributed by atoms with E-state index < -0.39 is 22.5 Å². The van der Waals surface area contributed by atoms with Crippen molar-refractivity contribution in [3.05, 3.63) is 77.7 Å². The molecule has 42 heavy (non-hydrogen) atoms. The van der Waals surface area contributed by atoms with E-state index in [9.17, 15) is 21.6 Å². The molecule has 1 N–H and O–H groups in total. The zero-order valence-electron chi connectivity index (χ0n) is 23.7. The summed E-state index contributed by atoms with van der Waals surface area (Å²) in [6, 6.07) is 15.3. The van der Waals surface area contributed by atoms with Crippen molar-refractivity contribution < 1.29 is 26.3 Å². The highest BCUT2D eigenvalue weighted by Gasteiger charge is 2.37. The highest BCUT2D eigenvalue weighted by atomic mass is 32.2. The van der Waals surface area contributed by atoms with Crippen molar-refractivity contribution in [2.45, 2.75) is 69.2 Å². The number of aryl methyl sites for hydroxylation is 2. The maximum Gasteiger partial charge on any atom is 0.522 e. The summed E-state index contributed by atoms with van der Waals surface area (Å²) in [6.07, 6.45) is -1.56. The van der Waals surface area contributed by atoms with Gasteiger partial charge in [-0.25, -0.2) is 13.4 Å². The average Bonchev–Trinajstić information content (AvgIpc) is 3.53. The maximum absolute atomic E-state index is 13.2. The number of ether oxygens (including phenoxy) is 1. The zero-order chi connectivity index (χ0) is 30.2. The van der Waals surface area contributed by atoms with E-state index in [2.05, 4.69) is 33.4 Å². The minimum absolute atomic E-state index is 0.0390. The molecule has 2 atom stereocenters. The maximum atomic E-state index is 13.2. The Labute approximate surface area is 243 Å². The molecule has 222 valence electrons. The van der Waals surface area contributed by atoms with E-state index in [1.807, 2.05) is 48.5 Å². The summed E-state index contributed by atoms with van der Waals surface area (Å²) < 4.78 is 73.0. The molecule has 0 amide bonds. The van der Waals surface area contributed by atoms with E-state index in [-0.39, 0.29) is 29.0 Å². The van der Waals surface area contributed by atoms with Gasteiger partial charge in [-0.05, 0) is 55.2 Å². The van der Waals surface area contributed by atoms with E-state index in [4.69, 9.17) is 4.98 Å². The molecule has 12 heteroatoms. The summed E-state index contributed by atoms with van der Waals surface area (Å²) >= 11 is 0. The largest absolute Gasteiger partial charge is 0.522 e. The van der Waals surface area contributed by atoms with E-state index in [0.29, 0.717) is 29.9 Å². The predicted octanol–water partition coefficient (Wildman–Crippen LogP) is 6.95. The lowest BCUT2D eigenvalue weighted by molar-refractivity contribution is -0.341. The van der Waals surface area contributed by atoms with Crippen LogP contribution in [0.15, 0.2) is 65.8 Å². The SMILES string of the molecule is Cc1nn(C)cc1S(=O)(=O)Nc1cnc(-c2cccc([C@@H]3CC[C@H](OC(F)(F)F)C3)c2)c(-c2ccccc2C(C)C)n1. The minimum atomic E-state index is -4.66. The molecule has 1 fully saturated rings. The van der Waals surface area contributed by atoms with Crippen LogP contribution in [-0.4, -0.2) is 40.6 Å². The summed E-state index contributed by atoms with van der Waals surface area (Å²) in [5, 5.41) is 4.13. The van der Waals surface area contributed by atoms with Crippen LogP contribution in [0.5, 0.6) is 0 Å². The average molecular weight is 600 g/mol. The van der Waals surface area contributed by atoms with E-state index >= 15 is 0 Å². The second kappa shape index (κ2) is 11.5. The van der Waals surface area contributed by atoms with E-state index in [1.165, 1.54) is 17.1 Å². The molecule has 0 bridgehead atoms. The molecule has 0 saturated heterocycles. The van der Waals surface area contributed by atoms with Gasteiger partial charge in [-0.3, -0.25) is 19.1 Å². The number of sulfonamides is 1. The molecular weight excluding hydrogens is 567 g/mol. The number of benzene rings is 2. The van der Waals surface area contributed by atoms with Gasteiger partial charge in [0.15, 0.2) is 5.82 Å². The van der Waals surface area contributed by atoms with Gasteiger partial charge in [0.2, 0.25) is 0 Å². The van der Waals surface area contributed by atoms with Crippen molar-refractivity contribution in [3.8, 4) is 22.5 Å². The Morgan fingerprint density at radius 3 is 2.52 bits per heavy atom. The van der Waals surface area contributed by atoms with Crippen LogP contribution in [0.25, 0.3) is 22.5 Å². The minimum Gasteiger partial charge on any atom is -0.289 e. The first kappa shape index (κ1) is 29.7. The summed E-state index contributed by atoms with van der Waals surface area (Å²) in [5.41, 5.74) is 4.81. The quantitative estimate of drug-likeness (QED) is 0.235. The van der Waals surface area contributed by atoms with Gasteiger partial charge < -0.3 is 0 Å². The fourth-order valence-corrected chi connectivity index (χ4v) is 6.77. The molecule has 2 heterocycles. The van der Waals surface area contributed by atoms with Crippen molar-refractivity contribution >= 4 is 15.8 Å². The lowest BCUT2D eigenvalue weighted by Crippen LogP contribution is -2.21. The fourth-order valence-electron chi connectivity index (χ4n) is 5.57. The first-order chi connectivity index (χ1) is 19.8. The van der Waals surface area contributed by atoms with Crippen molar-refractivity contribution in [1.29, 1.82) is 0 Å². The van der Waals surface area contributed by atoms with Gasteiger partial charge in [-0.15, -0.1) is 13.2 Å². The van der Waals surface area contributed by atoms with Crippen molar-refractivity contribution in [2.24, 2.45) is 7.05 Å². The molecule has 1 saturated carbocycles. The molecule has 0 spiro atoms. The normalized spacial score (nSPS) is 17.6. The number of hydrogen-bond acceptors (Lipinski definition) is 6. The lowest BCUT2D eigenvalue weighted by atomic mass is 9.91. The molecule has 0 radical (unpaired) electrons. The Balaban J connectivity index is 1.55. The van der Waals surface area contributed by atoms with E-state index in [0.717, 1.165) is 22.3 Å². The zero-order valence-corrected chi connectivity index (χ0v) is 24.5. The summed E-state index contributed by atoms with van der Waals surface area (Å²) in [4.78, 5) is 9.48. The summed E-state index contributed by atoms with van der Waals surface area (Å²) in [5.74, 6) is 0.102. The molecule has 2 aromatic heterocycles. The number of nitrogens with one attached hydrogen (secondary N) is 1. The number of aromatic nitrogens is 4. The number of nitrogens with zero attached hydrogens (tertiary/aromatic N) is 4. The molecule has 1 aliphatic carbocycles. The van der Waals surface area contributed by atoms with Crippen LogP contribution in [0, 0.1) is 6.92 Å². The monoisotopic (exact) mass is 599 g/mol. The molecule has 0 unspecified atom stereocenters. The molecule has 2 aromatic carbocycles. The number of hydrogen-bond donors (Lipinski definition) is 1. The Kier molecular flexibility index (Phi) is 8.13. The van der Waals surface area contributed by atoms with Gasteiger partial charge in [0.25, 0.3) is 10.0 Å². The first-order valence-electron chi connectivity index (χ1n) is 13.6. The molecule has 0 aliphatic heterocycles. The second-order valence-corrected chi connectivity index (χ2v) is 12.5. The smallest absolute Gasteiger partial charge is 0.289 e. The summed E-state index contributed by atoms with van der Waals surface area (Å²) in [7, 11) is -2.35. The van der Waals surface area contributed by atoms with Crippen LogP contribution in [0.2, 0.25) is 0 Å². The Morgan fingerprint density at radius 1 is 1.07 bits per heavy atom. The third-order valence-electron chi connectivity index (χ3n) is 7.42. The number of rotatable bonds is 8. The van der Waals surface area contributed by atoms with Crippen LogP contribution in [0.3, 0.4) is 0 Å². The van der Waals surface area contributed by atoms with Crippen LogP contribution >= 0.6 is 0 Å². The van der Waals surface area contributed by atoms with Gasteiger partial charge in [0.1, 0.15) is 4.90 Å². The summed E-state index contributed by atoms with van der Waals surface area (Å²) in [6.45, 7) is 5.73. The standard InChI is InChI=1S/C30H32F3N5O3S/c1-18(2)24-10-5-6-11-25(24)29-28(34-16-27(35-29)37-42(39,40)26-17-38(4)36-19(26)3)22-9-7-8-20(14-22)21-12-13-23(15-21)41-30(31,32)33/h5-11,14,16-18,21,23H,12-13,15H2,1-4H3,(H,35,37)/t21-,23+/m1/s1. The van der Waals surface area contributed by atoms with Crippen LogP contribution in [0.4, 0.5) is 19.0 Å². The van der Waals surface area contributed by atoms with Crippen LogP contribution in [-0.2, 0) is 21.8 Å². The Morgan fingerprint density at radius 2 is 1.83 bits per heavy atom.